The summed E-state index contributed by atoms with van der Waals surface area (Å²) in [6.07, 6.45) is 1.11. The summed E-state index contributed by atoms with van der Waals surface area (Å²) in [5.41, 5.74) is 1.52. The van der Waals surface area contributed by atoms with Crippen LogP contribution in [0.15, 0.2) is 29.2 Å². The number of thioether (sulfide) groups is 1. The molecule has 1 N–H and O–H groups in total. The lowest BCUT2D eigenvalue weighted by Gasteiger charge is -2.12. The summed E-state index contributed by atoms with van der Waals surface area (Å²) in [7, 11) is 0. The molecule has 3 heteroatoms. The fourth-order valence-corrected chi connectivity index (χ4v) is 3.55. The van der Waals surface area contributed by atoms with Crippen molar-refractivity contribution in [2.45, 2.75) is 31.1 Å². The van der Waals surface area contributed by atoms with Crippen LogP contribution >= 0.6 is 11.8 Å². The molecule has 1 aromatic carbocycles. The maximum Gasteiger partial charge on any atom is 0.0489 e. The van der Waals surface area contributed by atoms with Crippen LogP contribution in [0.3, 0.4) is 0 Å². The van der Waals surface area contributed by atoms with Crippen LogP contribution in [0.2, 0.25) is 0 Å². The van der Waals surface area contributed by atoms with Gasteiger partial charge in [0, 0.05) is 36.3 Å². The molecule has 0 amide bonds. The second-order valence-electron chi connectivity index (χ2n) is 5.57. The van der Waals surface area contributed by atoms with Gasteiger partial charge in [0.25, 0.3) is 0 Å². The monoisotopic (exact) mass is 279 g/mol. The maximum absolute atomic E-state index is 5.58. The van der Waals surface area contributed by atoms with Crippen molar-refractivity contribution in [3.63, 3.8) is 0 Å². The quantitative estimate of drug-likeness (QED) is 0.736. The molecule has 2 nitrogen and oxygen atoms in total. The average molecular weight is 279 g/mol. The molecule has 0 fully saturated rings. The lowest BCUT2D eigenvalue weighted by atomic mass is 10.0. The van der Waals surface area contributed by atoms with Gasteiger partial charge in [0.2, 0.25) is 0 Å². The summed E-state index contributed by atoms with van der Waals surface area (Å²) < 4.78 is 5.58. The minimum Gasteiger partial charge on any atom is -0.381 e. The Balaban J connectivity index is 1.57. The Morgan fingerprint density at radius 1 is 1.37 bits per heavy atom. The molecule has 1 aromatic rings. The molecule has 0 aliphatic carbocycles. The molecular weight excluding hydrogens is 254 g/mol. The minimum atomic E-state index is 0.639. The molecule has 0 aromatic heterocycles. The number of fused-ring (bicyclic) bond motifs is 1. The van der Waals surface area contributed by atoms with E-state index in [2.05, 4.69) is 43.4 Å². The standard InChI is InChI=1S/C16H25NOS/c1-13(2)11-18-9-5-8-17-10-14-12-19-16-7-4-3-6-15(14)16/h3-4,6-7,13-14,17H,5,8-12H2,1-2H3. The molecule has 19 heavy (non-hydrogen) atoms. The van der Waals surface area contributed by atoms with Crippen LogP contribution in [0, 0.1) is 5.92 Å². The second kappa shape index (κ2) is 7.93. The van der Waals surface area contributed by atoms with Gasteiger partial charge < -0.3 is 10.1 Å². The number of rotatable bonds is 8. The van der Waals surface area contributed by atoms with Gasteiger partial charge in [0.05, 0.1) is 0 Å². The van der Waals surface area contributed by atoms with Gasteiger partial charge in [-0.05, 0) is 30.5 Å². The molecule has 1 unspecified atom stereocenters. The molecule has 1 aliphatic rings. The van der Waals surface area contributed by atoms with E-state index in [4.69, 9.17) is 4.74 Å². The SMILES string of the molecule is CC(C)COCCCNCC1CSc2ccccc21. The summed E-state index contributed by atoms with van der Waals surface area (Å²) in [6, 6.07) is 8.79. The highest BCUT2D eigenvalue weighted by Crippen LogP contribution is 2.38. The lowest BCUT2D eigenvalue weighted by Crippen LogP contribution is -2.23. The Morgan fingerprint density at radius 2 is 2.21 bits per heavy atom. The third-order valence-electron chi connectivity index (χ3n) is 3.28. The summed E-state index contributed by atoms with van der Waals surface area (Å²) in [5.74, 6) is 2.54. The molecule has 0 radical (unpaired) electrons. The molecule has 106 valence electrons. The summed E-state index contributed by atoms with van der Waals surface area (Å²) in [4.78, 5) is 1.47. The smallest absolute Gasteiger partial charge is 0.0489 e. The Labute approximate surface area is 121 Å². The molecular formula is C16H25NOS. The van der Waals surface area contributed by atoms with E-state index in [0.717, 1.165) is 32.7 Å². The highest BCUT2D eigenvalue weighted by molar-refractivity contribution is 7.99. The van der Waals surface area contributed by atoms with Crippen LogP contribution in [0.1, 0.15) is 31.7 Å². The predicted octanol–water partition coefficient (Wildman–Crippen LogP) is 3.53. The Kier molecular flexibility index (Phi) is 6.21. The first-order valence-electron chi connectivity index (χ1n) is 7.27. The zero-order chi connectivity index (χ0) is 13.5. The molecule has 1 heterocycles. The van der Waals surface area contributed by atoms with E-state index in [-0.39, 0.29) is 0 Å². The largest absolute Gasteiger partial charge is 0.381 e. The van der Waals surface area contributed by atoms with Crippen molar-refractivity contribution in [3.8, 4) is 0 Å². The van der Waals surface area contributed by atoms with Crippen molar-refractivity contribution in [1.82, 2.24) is 5.32 Å². The number of benzene rings is 1. The number of nitrogens with one attached hydrogen (secondary N) is 1. The first-order valence-corrected chi connectivity index (χ1v) is 8.26. The minimum absolute atomic E-state index is 0.639. The van der Waals surface area contributed by atoms with Crippen LogP contribution in [0.4, 0.5) is 0 Å². The van der Waals surface area contributed by atoms with Gasteiger partial charge in [-0.3, -0.25) is 0 Å². The van der Waals surface area contributed by atoms with Crippen LogP contribution in [0.25, 0.3) is 0 Å². The molecule has 2 rings (SSSR count). The van der Waals surface area contributed by atoms with E-state index in [0.29, 0.717) is 11.8 Å². The van der Waals surface area contributed by atoms with Crippen molar-refractivity contribution in [3.05, 3.63) is 29.8 Å². The molecule has 0 saturated carbocycles. The van der Waals surface area contributed by atoms with E-state index < -0.39 is 0 Å². The van der Waals surface area contributed by atoms with E-state index >= 15 is 0 Å². The van der Waals surface area contributed by atoms with Crippen LogP contribution in [-0.2, 0) is 4.74 Å². The van der Waals surface area contributed by atoms with Gasteiger partial charge in [-0.15, -0.1) is 11.8 Å². The van der Waals surface area contributed by atoms with Crippen molar-refractivity contribution in [2.24, 2.45) is 5.92 Å². The van der Waals surface area contributed by atoms with Crippen molar-refractivity contribution in [2.75, 3.05) is 32.1 Å². The predicted molar refractivity (Wildman–Crippen MR) is 83.1 cm³/mol. The van der Waals surface area contributed by atoms with E-state index in [9.17, 15) is 0 Å². The Hall–Kier alpha value is -0.510. The Bertz CT molecular complexity index is 381. The topological polar surface area (TPSA) is 21.3 Å². The first kappa shape index (κ1) is 14.9. The fraction of sp³-hybridized carbons (Fsp3) is 0.625. The summed E-state index contributed by atoms with van der Waals surface area (Å²) in [5, 5.41) is 3.56. The molecule has 1 atom stereocenters. The summed E-state index contributed by atoms with van der Waals surface area (Å²) >= 11 is 1.99. The number of hydrogen-bond acceptors (Lipinski definition) is 3. The van der Waals surface area contributed by atoms with Crippen molar-refractivity contribution < 1.29 is 4.74 Å². The molecule has 0 saturated heterocycles. The Morgan fingerprint density at radius 3 is 3.05 bits per heavy atom. The molecule has 0 spiro atoms. The van der Waals surface area contributed by atoms with Crippen LogP contribution < -0.4 is 5.32 Å². The van der Waals surface area contributed by atoms with Crippen molar-refractivity contribution >= 4 is 11.8 Å². The third kappa shape index (κ3) is 4.83. The summed E-state index contributed by atoms with van der Waals surface area (Å²) in [6.45, 7) is 8.28. The van der Waals surface area contributed by atoms with Gasteiger partial charge in [-0.2, -0.15) is 0 Å². The highest BCUT2D eigenvalue weighted by Gasteiger charge is 2.21. The normalized spacial score (nSPS) is 17.9. The fourth-order valence-electron chi connectivity index (χ4n) is 2.29. The van der Waals surface area contributed by atoms with Crippen LogP contribution in [-0.4, -0.2) is 32.1 Å². The van der Waals surface area contributed by atoms with Gasteiger partial charge in [0.1, 0.15) is 0 Å². The lowest BCUT2D eigenvalue weighted by molar-refractivity contribution is 0.108. The first-order chi connectivity index (χ1) is 9.27. The van der Waals surface area contributed by atoms with Gasteiger partial charge in [-0.1, -0.05) is 32.0 Å². The highest BCUT2D eigenvalue weighted by atomic mass is 32.2. The van der Waals surface area contributed by atoms with E-state index in [1.165, 1.54) is 16.2 Å². The van der Waals surface area contributed by atoms with Gasteiger partial charge in [0.15, 0.2) is 0 Å². The van der Waals surface area contributed by atoms with Crippen molar-refractivity contribution in [1.29, 1.82) is 0 Å². The number of hydrogen-bond donors (Lipinski definition) is 1. The second-order valence-corrected chi connectivity index (χ2v) is 6.63. The van der Waals surface area contributed by atoms with E-state index in [1.807, 2.05) is 11.8 Å². The van der Waals surface area contributed by atoms with Gasteiger partial charge in [-0.25, -0.2) is 0 Å². The average Bonchev–Trinajstić information content (AvgIpc) is 2.81. The molecule has 0 bridgehead atoms. The maximum atomic E-state index is 5.58. The van der Waals surface area contributed by atoms with Crippen LogP contribution in [0.5, 0.6) is 0 Å². The zero-order valence-corrected chi connectivity index (χ0v) is 12.8. The zero-order valence-electron chi connectivity index (χ0n) is 12.0. The molecule has 1 aliphatic heterocycles. The van der Waals surface area contributed by atoms with Gasteiger partial charge >= 0.3 is 0 Å². The van der Waals surface area contributed by atoms with E-state index in [1.54, 1.807) is 0 Å². The third-order valence-corrected chi connectivity index (χ3v) is 4.53. The number of ether oxygens (including phenoxy) is 1.